The second-order valence-corrected chi connectivity index (χ2v) is 7.23. The molecular formula is C11H15BrClNOS. The number of nitrogens with one attached hydrogen (secondary N) is 1. The summed E-state index contributed by atoms with van der Waals surface area (Å²) in [6.07, 6.45) is 0. The Hall–Kier alpha value is -0.0600. The van der Waals surface area contributed by atoms with Crippen LogP contribution in [-0.2, 0) is 4.79 Å². The molecule has 1 rings (SSSR count). The quantitative estimate of drug-likeness (QED) is 0.818. The van der Waals surface area contributed by atoms with E-state index >= 15 is 0 Å². The standard InChI is InChI=1S/C11H15BrClNOS/c1-6-7(12)5-8(16-6)9(13)10(15)14-11(2,3)4/h5,9H,1-4H3,(H,14,15). The SMILES string of the molecule is Cc1sc(C(Cl)C(=O)NC(C)(C)C)cc1Br. The molecule has 0 aromatic carbocycles. The highest BCUT2D eigenvalue weighted by Crippen LogP contribution is 2.33. The lowest BCUT2D eigenvalue weighted by atomic mass is 10.1. The van der Waals surface area contributed by atoms with E-state index in [1.54, 1.807) is 0 Å². The lowest BCUT2D eigenvalue weighted by Gasteiger charge is -2.22. The molecule has 1 N–H and O–H groups in total. The number of hydrogen-bond donors (Lipinski definition) is 1. The number of aryl methyl sites for hydroxylation is 1. The smallest absolute Gasteiger partial charge is 0.243 e. The molecule has 0 spiro atoms. The van der Waals surface area contributed by atoms with E-state index in [2.05, 4.69) is 21.2 Å². The van der Waals surface area contributed by atoms with Crippen LogP contribution < -0.4 is 5.32 Å². The molecule has 0 fully saturated rings. The van der Waals surface area contributed by atoms with Gasteiger partial charge in [0.15, 0.2) is 0 Å². The summed E-state index contributed by atoms with van der Waals surface area (Å²) < 4.78 is 1.00. The van der Waals surface area contributed by atoms with Crippen LogP contribution in [0.3, 0.4) is 0 Å². The first-order valence-corrected chi connectivity index (χ1v) is 6.97. The molecule has 1 heterocycles. The monoisotopic (exact) mass is 323 g/mol. The molecule has 0 aliphatic carbocycles. The summed E-state index contributed by atoms with van der Waals surface area (Å²) in [6.45, 7) is 7.79. The molecule has 0 aliphatic heterocycles. The van der Waals surface area contributed by atoms with Gasteiger partial charge >= 0.3 is 0 Å². The van der Waals surface area contributed by atoms with E-state index in [1.807, 2.05) is 33.8 Å². The Labute approximate surface area is 114 Å². The molecule has 0 saturated carbocycles. The Morgan fingerprint density at radius 3 is 2.50 bits per heavy atom. The molecule has 0 saturated heterocycles. The molecule has 1 amide bonds. The van der Waals surface area contributed by atoms with Crippen molar-refractivity contribution in [2.75, 3.05) is 0 Å². The maximum absolute atomic E-state index is 11.8. The van der Waals surface area contributed by atoms with Gasteiger partial charge in [-0.3, -0.25) is 4.79 Å². The Morgan fingerprint density at radius 2 is 2.12 bits per heavy atom. The minimum atomic E-state index is -0.616. The molecule has 5 heteroatoms. The van der Waals surface area contributed by atoms with Crippen molar-refractivity contribution >= 4 is 44.8 Å². The van der Waals surface area contributed by atoms with Gasteiger partial charge in [-0.2, -0.15) is 0 Å². The summed E-state index contributed by atoms with van der Waals surface area (Å²) >= 11 is 11.1. The van der Waals surface area contributed by atoms with Crippen LogP contribution in [0.4, 0.5) is 0 Å². The number of hydrogen-bond acceptors (Lipinski definition) is 2. The number of amides is 1. The van der Waals surface area contributed by atoms with Crippen LogP contribution in [0.5, 0.6) is 0 Å². The summed E-state index contributed by atoms with van der Waals surface area (Å²) in [5.41, 5.74) is -0.256. The van der Waals surface area contributed by atoms with Crippen molar-refractivity contribution in [2.45, 2.75) is 38.6 Å². The second kappa shape index (κ2) is 5.07. The summed E-state index contributed by atoms with van der Waals surface area (Å²) in [4.78, 5) is 13.8. The zero-order valence-corrected chi connectivity index (χ0v) is 12.9. The highest BCUT2D eigenvalue weighted by Gasteiger charge is 2.24. The third-order valence-electron chi connectivity index (χ3n) is 1.85. The first kappa shape index (κ1) is 14.0. The van der Waals surface area contributed by atoms with Gasteiger partial charge in [-0.1, -0.05) is 0 Å². The molecular weight excluding hydrogens is 310 g/mol. The van der Waals surface area contributed by atoms with Gasteiger partial charge in [-0.05, 0) is 49.7 Å². The van der Waals surface area contributed by atoms with E-state index in [0.717, 1.165) is 14.2 Å². The fourth-order valence-electron chi connectivity index (χ4n) is 1.17. The van der Waals surface area contributed by atoms with E-state index in [1.165, 1.54) is 11.3 Å². The molecule has 1 aromatic rings. The van der Waals surface area contributed by atoms with E-state index in [9.17, 15) is 4.79 Å². The van der Waals surface area contributed by atoms with E-state index in [4.69, 9.17) is 11.6 Å². The van der Waals surface area contributed by atoms with Crippen molar-refractivity contribution in [3.05, 3.63) is 20.3 Å². The molecule has 0 bridgehead atoms. The maximum Gasteiger partial charge on any atom is 0.243 e. The molecule has 0 aliphatic rings. The Bertz CT molecular complexity index is 378. The molecule has 90 valence electrons. The van der Waals surface area contributed by atoms with Crippen LogP contribution in [0.1, 0.15) is 35.9 Å². The van der Waals surface area contributed by atoms with Gasteiger partial charge in [0.2, 0.25) is 5.91 Å². The number of halogens is 2. The lowest BCUT2D eigenvalue weighted by Crippen LogP contribution is -2.42. The van der Waals surface area contributed by atoms with E-state index in [-0.39, 0.29) is 11.4 Å². The minimum absolute atomic E-state index is 0.150. The first-order valence-electron chi connectivity index (χ1n) is 4.92. The van der Waals surface area contributed by atoms with Crippen LogP contribution in [0.25, 0.3) is 0 Å². The zero-order chi connectivity index (χ0) is 12.5. The predicted octanol–water partition coefficient (Wildman–Crippen LogP) is 4.01. The van der Waals surface area contributed by atoms with E-state index in [0.29, 0.717) is 0 Å². The molecule has 1 unspecified atom stereocenters. The number of thiophene rings is 1. The molecule has 0 radical (unpaired) electrons. The van der Waals surface area contributed by atoms with Crippen molar-refractivity contribution in [1.29, 1.82) is 0 Å². The van der Waals surface area contributed by atoms with Crippen molar-refractivity contribution < 1.29 is 4.79 Å². The molecule has 1 aromatic heterocycles. The second-order valence-electron chi connectivity index (χ2n) is 4.65. The van der Waals surface area contributed by atoms with E-state index < -0.39 is 5.38 Å². The fraction of sp³-hybridized carbons (Fsp3) is 0.545. The fourth-order valence-corrected chi connectivity index (χ4v) is 2.96. The van der Waals surface area contributed by atoms with Crippen molar-refractivity contribution in [2.24, 2.45) is 0 Å². The van der Waals surface area contributed by atoms with Gasteiger partial charge in [-0.15, -0.1) is 22.9 Å². The summed E-state index contributed by atoms with van der Waals surface area (Å²) in [7, 11) is 0. The predicted molar refractivity (Wildman–Crippen MR) is 73.2 cm³/mol. The van der Waals surface area contributed by atoms with Gasteiger partial charge in [-0.25, -0.2) is 0 Å². The highest BCUT2D eigenvalue weighted by atomic mass is 79.9. The first-order chi connectivity index (χ1) is 7.20. The Morgan fingerprint density at radius 1 is 1.56 bits per heavy atom. The number of alkyl halides is 1. The van der Waals surface area contributed by atoms with Crippen molar-refractivity contribution in [3.8, 4) is 0 Å². The third kappa shape index (κ3) is 3.75. The van der Waals surface area contributed by atoms with Crippen LogP contribution in [0.2, 0.25) is 0 Å². The molecule has 16 heavy (non-hydrogen) atoms. The third-order valence-corrected chi connectivity index (χ3v) is 4.62. The lowest BCUT2D eigenvalue weighted by molar-refractivity contribution is -0.122. The van der Waals surface area contributed by atoms with Gasteiger partial charge in [0, 0.05) is 19.8 Å². The summed E-state index contributed by atoms with van der Waals surface area (Å²) in [5.74, 6) is -0.150. The van der Waals surface area contributed by atoms with Crippen molar-refractivity contribution in [1.82, 2.24) is 5.32 Å². The number of carbonyl (C=O) groups excluding carboxylic acids is 1. The van der Waals surface area contributed by atoms with Gasteiger partial charge < -0.3 is 5.32 Å². The van der Waals surface area contributed by atoms with Crippen LogP contribution in [-0.4, -0.2) is 11.4 Å². The van der Waals surface area contributed by atoms with Crippen LogP contribution in [0, 0.1) is 6.92 Å². The Kier molecular flexibility index (Phi) is 4.43. The Balaban J connectivity index is 2.78. The zero-order valence-electron chi connectivity index (χ0n) is 9.73. The van der Waals surface area contributed by atoms with Crippen molar-refractivity contribution in [3.63, 3.8) is 0 Å². The molecule has 2 nitrogen and oxygen atoms in total. The maximum atomic E-state index is 11.8. The topological polar surface area (TPSA) is 29.1 Å². The van der Waals surface area contributed by atoms with Gasteiger partial charge in [0.1, 0.15) is 5.38 Å². The minimum Gasteiger partial charge on any atom is -0.350 e. The normalized spacial score (nSPS) is 13.6. The average molecular weight is 325 g/mol. The number of carbonyl (C=O) groups is 1. The highest BCUT2D eigenvalue weighted by molar-refractivity contribution is 9.10. The number of rotatable bonds is 2. The van der Waals surface area contributed by atoms with Gasteiger partial charge in [0.05, 0.1) is 0 Å². The molecule has 1 atom stereocenters. The summed E-state index contributed by atoms with van der Waals surface area (Å²) in [5, 5.41) is 2.25. The van der Waals surface area contributed by atoms with Crippen LogP contribution >= 0.6 is 38.9 Å². The average Bonchev–Trinajstić information content (AvgIpc) is 2.43. The largest absolute Gasteiger partial charge is 0.350 e. The summed E-state index contributed by atoms with van der Waals surface area (Å²) in [6, 6.07) is 1.90. The van der Waals surface area contributed by atoms with Gasteiger partial charge in [0.25, 0.3) is 0 Å². The van der Waals surface area contributed by atoms with Crippen LogP contribution in [0.15, 0.2) is 10.5 Å².